The van der Waals surface area contributed by atoms with Crippen molar-refractivity contribution in [1.82, 2.24) is 10.6 Å². The number of carbonyl (C=O) groups excluding carboxylic acids is 2. The van der Waals surface area contributed by atoms with Crippen molar-refractivity contribution >= 4 is 11.8 Å². The highest BCUT2D eigenvalue weighted by atomic mass is 16.5. The molecule has 0 radical (unpaired) electrons. The number of aliphatic hydroxyl groups is 1. The molecule has 0 heterocycles. The van der Waals surface area contributed by atoms with E-state index in [-0.39, 0.29) is 35.3 Å². The van der Waals surface area contributed by atoms with Crippen LogP contribution in [0, 0.1) is 0 Å². The zero-order valence-corrected chi connectivity index (χ0v) is 16.2. The van der Waals surface area contributed by atoms with Gasteiger partial charge < -0.3 is 30.7 Å². The smallest absolute Gasteiger partial charge is 0.255 e. The van der Waals surface area contributed by atoms with Crippen molar-refractivity contribution < 1.29 is 29.6 Å². The second-order valence-corrected chi connectivity index (χ2v) is 6.51. The summed E-state index contributed by atoms with van der Waals surface area (Å²) in [6.45, 7) is 0.169. The summed E-state index contributed by atoms with van der Waals surface area (Å²) in [5.41, 5.74) is 0.449. The van der Waals surface area contributed by atoms with Gasteiger partial charge in [0, 0.05) is 12.1 Å². The second kappa shape index (κ2) is 10.9. The molecule has 0 bridgehead atoms. The van der Waals surface area contributed by atoms with Gasteiger partial charge in [-0.1, -0.05) is 12.1 Å². The van der Waals surface area contributed by atoms with Crippen LogP contribution in [0.25, 0.3) is 0 Å². The number of rotatable bonds is 10. The maximum Gasteiger partial charge on any atom is 0.255 e. The number of ether oxygens (including phenoxy) is 1. The van der Waals surface area contributed by atoms with Crippen LogP contribution in [-0.4, -0.2) is 53.4 Å². The lowest BCUT2D eigenvalue weighted by molar-refractivity contribution is 0.0911. The Morgan fingerprint density at radius 3 is 2.52 bits per heavy atom. The molecule has 2 rings (SSSR count). The number of unbranched alkanes of at least 4 members (excludes halogenated alkanes) is 1. The monoisotopic (exact) mass is 402 g/mol. The minimum Gasteiger partial charge on any atom is -0.508 e. The highest BCUT2D eigenvalue weighted by Crippen LogP contribution is 2.29. The van der Waals surface area contributed by atoms with Crippen LogP contribution in [0.1, 0.15) is 40.0 Å². The number of aromatic hydroxyl groups is 2. The van der Waals surface area contributed by atoms with Crippen LogP contribution < -0.4 is 15.4 Å². The molecule has 1 atom stereocenters. The summed E-state index contributed by atoms with van der Waals surface area (Å²) < 4.78 is 4.99. The molecule has 2 amide bonds. The van der Waals surface area contributed by atoms with E-state index in [1.165, 1.54) is 25.3 Å². The van der Waals surface area contributed by atoms with Gasteiger partial charge >= 0.3 is 0 Å². The van der Waals surface area contributed by atoms with Crippen LogP contribution in [0.5, 0.6) is 17.2 Å². The summed E-state index contributed by atoms with van der Waals surface area (Å²) in [5, 5.41) is 34.4. The summed E-state index contributed by atoms with van der Waals surface area (Å²) in [4.78, 5) is 24.3. The van der Waals surface area contributed by atoms with E-state index in [4.69, 9.17) is 4.74 Å². The van der Waals surface area contributed by atoms with Crippen LogP contribution in [0.2, 0.25) is 0 Å². The lowest BCUT2D eigenvalue weighted by Crippen LogP contribution is -2.37. The van der Waals surface area contributed by atoms with Crippen LogP contribution in [-0.2, 0) is 0 Å². The molecule has 0 aliphatic heterocycles. The molecule has 5 N–H and O–H groups in total. The van der Waals surface area contributed by atoms with Crippen LogP contribution in [0.15, 0.2) is 42.5 Å². The molecule has 0 fully saturated rings. The van der Waals surface area contributed by atoms with Gasteiger partial charge in [-0.05, 0) is 49.6 Å². The first-order valence-electron chi connectivity index (χ1n) is 9.31. The number of carbonyl (C=O) groups is 2. The zero-order valence-electron chi connectivity index (χ0n) is 16.2. The summed E-state index contributed by atoms with van der Waals surface area (Å²) in [5.74, 6) is -0.761. The lowest BCUT2D eigenvalue weighted by Gasteiger charge is -2.16. The molecule has 8 heteroatoms. The molecule has 0 aromatic heterocycles. The number of methoxy groups -OCH3 is 1. The maximum atomic E-state index is 12.2. The third kappa shape index (κ3) is 6.39. The van der Waals surface area contributed by atoms with Crippen molar-refractivity contribution in [3.63, 3.8) is 0 Å². The van der Waals surface area contributed by atoms with Gasteiger partial charge in [-0.25, -0.2) is 0 Å². The predicted molar refractivity (Wildman–Crippen MR) is 107 cm³/mol. The number of aliphatic hydroxyl groups excluding tert-OH is 1. The SMILES string of the molecule is COc1cccc(C(=O)NCCCC[C@@H](CO)NC(=O)c2cccc(O)c2)c1O. The third-order valence-electron chi connectivity index (χ3n) is 4.39. The average molecular weight is 402 g/mol. The molecule has 29 heavy (non-hydrogen) atoms. The van der Waals surface area contributed by atoms with E-state index in [0.717, 1.165) is 0 Å². The van der Waals surface area contributed by atoms with Gasteiger partial charge in [0.05, 0.1) is 25.3 Å². The average Bonchev–Trinajstić information content (AvgIpc) is 2.72. The predicted octanol–water partition coefficient (Wildman–Crippen LogP) is 1.80. The lowest BCUT2D eigenvalue weighted by atomic mass is 10.1. The molecule has 8 nitrogen and oxygen atoms in total. The number of amides is 2. The summed E-state index contributed by atoms with van der Waals surface area (Å²) >= 11 is 0. The van der Waals surface area contributed by atoms with E-state index in [0.29, 0.717) is 31.4 Å². The first-order chi connectivity index (χ1) is 14.0. The summed E-state index contributed by atoms with van der Waals surface area (Å²) in [7, 11) is 1.41. The van der Waals surface area contributed by atoms with Gasteiger partial charge in [0.1, 0.15) is 5.75 Å². The molecule has 0 aliphatic rings. The Bertz CT molecular complexity index is 840. The van der Waals surface area contributed by atoms with E-state index < -0.39 is 11.9 Å². The Hall–Kier alpha value is -3.26. The topological polar surface area (TPSA) is 128 Å². The first kappa shape index (κ1) is 22.0. The van der Waals surface area contributed by atoms with Crippen molar-refractivity contribution in [2.75, 3.05) is 20.3 Å². The van der Waals surface area contributed by atoms with E-state index in [9.17, 15) is 24.9 Å². The quantitative estimate of drug-likeness (QED) is 0.386. The molecule has 2 aromatic rings. The fourth-order valence-corrected chi connectivity index (χ4v) is 2.81. The number of hydrogen-bond acceptors (Lipinski definition) is 6. The van der Waals surface area contributed by atoms with Crippen LogP contribution >= 0.6 is 0 Å². The second-order valence-electron chi connectivity index (χ2n) is 6.51. The third-order valence-corrected chi connectivity index (χ3v) is 4.39. The Morgan fingerprint density at radius 1 is 1.07 bits per heavy atom. The Labute approximate surface area is 169 Å². The standard InChI is InChI=1S/C21H26N2O6/c1-29-18-10-5-9-17(19(18)26)21(28)22-11-3-2-7-15(13-24)23-20(27)14-6-4-8-16(25)12-14/h4-6,8-10,12,15,24-26H,2-3,7,11,13H2,1H3,(H,22,28)(H,23,27)/t15-/m0/s1. The van der Waals surface area contributed by atoms with Gasteiger partial charge in [-0.15, -0.1) is 0 Å². The van der Waals surface area contributed by atoms with Gasteiger partial charge in [0.15, 0.2) is 11.5 Å². The molecular weight excluding hydrogens is 376 g/mol. The normalized spacial score (nSPS) is 11.5. The van der Waals surface area contributed by atoms with Crippen LogP contribution in [0.4, 0.5) is 0 Å². The number of phenolic OH excluding ortho intramolecular Hbond substituents is 2. The fraction of sp³-hybridized carbons (Fsp3) is 0.333. The summed E-state index contributed by atoms with van der Waals surface area (Å²) in [6, 6.07) is 10.2. The number of nitrogens with one attached hydrogen (secondary N) is 2. The molecule has 0 aliphatic carbocycles. The van der Waals surface area contributed by atoms with Crippen LogP contribution in [0.3, 0.4) is 0 Å². The van der Waals surface area contributed by atoms with E-state index in [1.54, 1.807) is 24.3 Å². The number of hydrogen-bond donors (Lipinski definition) is 5. The minimum absolute atomic E-state index is 0.00369. The summed E-state index contributed by atoms with van der Waals surface area (Å²) in [6.07, 6.45) is 1.83. The van der Waals surface area contributed by atoms with Crippen molar-refractivity contribution in [3.05, 3.63) is 53.6 Å². The molecule has 156 valence electrons. The molecule has 0 saturated carbocycles. The highest BCUT2D eigenvalue weighted by molar-refractivity contribution is 5.97. The molecule has 0 spiro atoms. The van der Waals surface area contributed by atoms with E-state index in [2.05, 4.69) is 10.6 Å². The van der Waals surface area contributed by atoms with Crippen molar-refractivity contribution in [2.24, 2.45) is 0 Å². The molecule has 0 unspecified atom stereocenters. The maximum absolute atomic E-state index is 12.2. The van der Waals surface area contributed by atoms with Gasteiger partial charge in [0.2, 0.25) is 0 Å². The highest BCUT2D eigenvalue weighted by Gasteiger charge is 2.15. The Balaban J connectivity index is 1.74. The molecular formula is C21H26N2O6. The van der Waals surface area contributed by atoms with Crippen molar-refractivity contribution in [3.8, 4) is 17.2 Å². The Kier molecular flexibility index (Phi) is 8.29. The largest absolute Gasteiger partial charge is 0.508 e. The van der Waals surface area contributed by atoms with Crippen molar-refractivity contribution in [1.29, 1.82) is 0 Å². The zero-order chi connectivity index (χ0) is 21.2. The Morgan fingerprint density at radius 2 is 1.83 bits per heavy atom. The fourth-order valence-electron chi connectivity index (χ4n) is 2.81. The molecule has 0 saturated heterocycles. The van der Waals surface area contributed by atoms with Gasteiger partial charge in [-0.2, -0.15) is 0 Å². The number of para-hydroxylation sites is 1. The van der Waals surface area contributed by atoms with E-state index >= 15 is 0 Å². The minimum atomic E-state index is -0.428. The first-order valence-corrected chi connectivity index (χ1v) is 9.31. The van der Waals surface area contributed by atoms with Gasteiger partial charge in [0.25, 0.3) is 11.8 Å². The number of phenols is 2. The number of benzene rings is 2. The van der Waals surface area contributed by atoms with E-state index in [1.807, 2.05) is 0 Å². The molecule has 2 aromatic carbocycles. The van der Waals surface area contributed by atoms with Crippen molar-refractivity contribution in [2.45, 2.75) is 25.3 Å². The van der Waals surface area contributed by atoms with Gasteiger partial charge in [-0.3, -0.25) is 9.59 Å².